The van der Waals surface area contributed by atoms with Crippen molar-refractivity contribution in [3.8, 4) is 0 Å². The standard InChI is InChI=1S/C16H10N8.Al/c1-2-11-6-13-8-17-15(20-13)22-16-21-14(23-24-16)7-12-4-3-10(19-12)5-9(1)18-11;/h1-8,18H,(H,17,20,21,22,23,24);. The molecule has 0 saturated heterocycles. The average molecular weight is 341 g/mol. The molecule has 2 aliphatic rings. The van der Waals surface area contributed by atoms with Gasteiger partial charge in [0.05, 0.1) is 23.3 Å². The highest BCUT2D eigenvalue weighted by Gasteiger charge is 2.03. The minimum absolute atomic E-state index is 0. The number of aromatic amines is 2. The van der Waals surface area contributed by atoms with Gasteiger partial charge in [-0.3, -0.25) is 0 Å². The molecule has 0 fully saturated rings. The number of hydrogen-bond acceptors (Lipinski definition) is 6. The third-order valence-electron chi connectivity index (χ3n) is 3.55. The van der Waals surface area contributed by atoms with Crippen molar-refractivity contribution >= 4 is 64.1 Å². The van der Waals surface area contributed by atoms with E-state index in [1.165, 1.54) is 0 Å². The molecule has 9 heteroatoms. The van der Waals surface area contributed by atoms with E-state index in [9.17, 15) is 0 Å². The molecule has 0 aliphatic carbocycles. The second-order valence-electron chi connectivity index (χ2n) is 5.34. The Morgan fingerprint density at radius 1 is 0.720 bits per heavy atom. The van der Waals surface area contributed by atoms with Crippen molar-refractivity contribution in [3.05, 3.63) is 47.4 Å². The molecule has 0 amide bonds. The van der Waals surface area contributed by atoms with Gasteiger partial charge < -0.3 is 9.97 Å². The molecule has 0 spiro atoms. The molecule has 0 aromatic carbocycles. The van der Waals surface area contributed by atoms with Gasteiger partial charge in [-0.1, -0.05) is 0 Å². The molecule has 5 rings (SSSR count). The molecule has 117 valence electrons. The van der Waals surface area contributed by atoms with E-state index in [1.807, 2.05) is 36.4 Å². The van der Waals surface area contributed by atoms with Crippen LogP contribution in [0, 0.1) is 0 Å². The van der Waals surface area contributed by atoms with Gasteiger partial charge in [-0.05, 0) is 36.4 Å². The summed E-state index contributed by atoms with van der Waals surface area (Å²) in [6, 6.07) is 9.66. The summed E-state index contributed by atoms with van der Waals surface area (Å²) in [5.41, 5.74) is 4.84. The lowest BCUT2D eigenvalue weighted by Gasteiger charge is -1.83. The molecule has 3 aromatic rings. The molecule has 0 saturated carbocycles. The van der Waals surface area contributed by atoms with Crippen molar-refractivity contribution in [1.29, 1.82) is 0 Å². The fraction of sp³-hybridized carbons (Fsp3) is 0. The molecule has 2 N–H and O–H groups in total. The van der Waals surface area contributed by atoms with Crippen molar-refractivity contribution in [3.63, 3.8) is 0 Å². The molecule has 3 aromatic heterocycles. The summed E-state index contributed by atoms with van der Waals surface area (Å²) < 4.78 is 0. The summed E-state index contributed by atoms with van der Waals surface area (Å²) in [6.07, 6.45) is 5.53. The van der Waals surface area contributed by atoms with Crippen molar-refractivity contribution < 1.29 is 0 Å². The zero-order chi connectivity index (χ0) is 15.9. The Labute approximate surface area is 152 Å². The van der Waals surface area contributed by atoms with Crippen LogP contribution in [0.2, 0.25) is 0 Å². The van der Waals surface area contributed by atoms with E-state index in [1.54, 1.807) is 12.3 Å². The highest BCUT2D eigenvalue weighted by atomic mass is 27.0. The molecule has 0 atom stereocenters. The second-order valence-corrected chi connectivity index (χ2v) is 5.34. The minimum Gasteiger partial charge on any atom is -0.355 e. The van der Waals surface area contributed by atoms with Crippen LogP contribution >= 0.6 is 0 Å². The Kier molecular flexibility index (Phi) is 3.72. The van der Waals surface area contributed by atoms with Crippen LogP contribution in [0.1, 0.15) is 17.1 Å². The molecule has 2 aliphatic heterocycles. The highest BCUT2D eigenvalue weighted by molar-refractivity contribution is 5.83. The van der Waals surface area contributed by atoms with Crippen molar-refractivity contribution in [1.82, 2.24) is 35.1 Å². The fourth-order valence-corrected chi connectivity index (χ4v) is 2.51. The largest absolute Gasteiger partial charge is 0.355 e. The maximum Gasteiger partial charge on any atom is 0.253 e. The van der Waals surface area contributed by atoms with Gasteiger partial charge in [0, 0.05) is 34.5 Å². The Morgan fingerprint density at radius 3 is 2.32 bits per heavy atom. The fourth-order valence-electron chi connectivity index (χ4n) is 2.51. The van der Waals surface area contributed by atoms with E-state index in [0.29, 0.717) is 23.1 Å². The maximum atomic E-state index is 4.53. The van der Waals surface area contributed by atoms with Crippen LogP contribution in [-0.2, 0) is 0 Å². The summed E-state index contributed by atoms with van der Waals surface area (Å²) in [5.74, 6) is 0.689. The van der Waals surface area contributed by atoms with Crippen LogP contribution in [0.4, 0.5) is 5.95 Å². The number of hydrogen-bond donors (Lipinski definition) is 2. The summed E-state index contributed by atoms with van der Waals surface area (Å²) in [5, 5.41) is 8.02. The van der Waals surface area contributed by atoms with Gasteiger partial charge in [-0.2, -0.15) is 4.98 Å². The van der Waals surface area contributed by atoms with Crippen molar-refractivity contribution in [2.75, 3.05) is 0 Å². The monoisotopic (exact) mass is 341 g/mol. The van der Waals surface area contributed by atoms with Gasteiger partial charge in [0.2, 0.25) is 0 Å². The lowest BCUT2D eigenvalue weighted by atomic mass is 10.3. The van der Waals surface area contributed by atoms with E-state index in [-0.39, 0.29) is 17.4 Å². The normalized spacial score (nSPS) is 12.2. The van der Waals surface area contributed by atoms with Gasteiger partial charge in [0.1, 0.15) is 0 Å². The van der Waals surface area contributed by atoms with Gasteiger partial charge in [-0.15, -0.1) is 10.2 Å². The van der Waals surface area contributed by atoms with Gasteiger partial charge in [-0.25, -0.2) is 15.0 Å². The van der Waals surface area contributed by atoms with Crippen LogP contribution < -0.4 is 0 Å². The van der Waals surface area contributed by atoms with Crippen molar-refractivity contribution in [2.24, 2.45) is 4.99 Å². The maximum absolute atomic E-state index is 4.53. The van der Waals surface area contributed by atoms with Gasteiger partial charge in [0.25, 0.3) is 11.7 Å². The molecular formula is C16H10AlN8. The molecule has 5 heterocycles. The van der Waals surface area contributed by atoms with Crippen LogP contribution in [0.25, 0.3) is 34.6 Å². The van der Waals surface area contributed by atoms with Crippen LogP contribution in [0.5, 0.6) is 0 Å². The van der Waals surface area contributed by atoms with Crippen molar-refractivity contribution in [2.45, 2.75) is 0 Å². The minimum atomic E-state index is 0. The first-order valence-corrected chi connectivity index (χ1v) is 7.31. The molecule has 3 radical (unpaired) electrons. The smallest absolute Gasteiger partial charge is 0.253 e. The number of aromatic nitrogens is 7. The van der Waals surface area contributed by atoms with Gasteiger partial charge in [0.15, 0.2) is 5.65 Å². The summed E-state index contributed by atoms with van der Waals surface area (Å²) in [4.78, 5) is 23.6. The Bertz CT molecular complexity index is 997. The van der Waals surface area contributed by atoms with E-state index in [4.69, 9.17) is 0 Å². The first-order valence-electron chi connectivity index (χ1n) is 7.31. The number of fused-ring (bicyclic) bond motifs is 8. The van der Waals surface area contributed by atoms with Crippen LogP contribution in [0.3, 0.4) is 0 Å². The number of rotatable bonds is 0. The topological polar surface area (TPSA) is 108 Å². The lowest BCUT2D eigenvalue weighted by molar-refractivity contribution is 1.10. The number of aliphatic imine (C=N–C) groups is 1. The molecule has 0 unspecified atom stereocenters. The quantitative estimate of drug-likeness (QED) is 0.419. The molecule has 25 heavy (non-hydrogen) atoms. The summed E-state index contributed by atoms with van der Waals surface area (Å²) in [7, 11) is 0. The predicted octanol–water partition coefficient (Wildman–Crippen LogP) is 2.04. The third-order valence-corrected chi connectivity index (χ3v) is 3.55. The summed E-state index contributed by atoms with van der Waals surface area (Å²) >= 11 is 0. The number of nitrogens with zero attached hydrogens (tertiary/aromatic N) is 6. The van der Waals surface area contributed by atoms with E-state index < -0.39 is 0 Å². The second kappa shape index (κ2) is 6.05. The number of nitrogens with one attached hydrogen (secondary N) is 2. The Hall–Kier alpha value is -3.15. The average Bonchev–Trinajstić information content (AvgIpc) is 3.32. The Balaban J connectivity index is 0.00000157. The van der Waals surface area contributed by atoms with Gasteiger partial charge >= 0.3 is 0 Å². The number of H-pyrrole nitrogens is 2. The molecule has 8 bridgehead atoms. The zero-order valence-electron chi connectivity index (χ0n) is 12.9. The zero-order valence-corrected chi connectivity index (χ0v) is 14.0. The van der Waals surface area contributed by atoms with E-state index in [0.717, 1.165) is 22.4 Å². The predicted molar refractivity (Wildman–Crippen MR) is 96.3 cm³/mol. The molecular weight excluding hydrogens is 331 g/mol. The highest BCUT2D eigenvalue weighted by Crippen LogP contribution is 2.14. The first-order chi connectivity index (χ1) is 11.8. The summed E-state index contributed by atoms with van der Waals surface area (Å²) in [6.45, 7) is 0. The van der Waals surface area contributed by atoms with E-state index in [2.05, 4.69) is 40.1 Å². The SMILES string of the molecule is C1=Cc2cc3nnc(nc4nc(cc5ccc(cc1n2)[nH]5)C=N4)[nH]3.[Al]. The van der Waals surface area contributed by atoms with Crippen LogP contribution in [-0.4, -0.2) is 58.7 Å². The van der Waals surface area contributed by atoms with E-state index >= 15 is 0 Å². The third kappa shape index (κ3) is 3.11. The lowest BCUT2D eigenvalue weighted by Crippen LogP contribution is -1.77. The Morgan fingerprint density at radius 2 is 1.48 bits per heavy atom. The molecule has 8 nitrogen and oxygen atoms in total. The van der Waals surface area contributed by atoms with Crippen LogP contribution in [0.15, 0.2) is 35.3 Å². The first kappa shape index (κ1) is 15.4.